The Labute approximate surface area is 413 Å². The number of hydrogen-bond acceptors (Lipinski definition) is 9. The maximum Gasteiger partial charge on any atom is 0.262 e. The fourth-order valence-electron chi connectivity index (χ4n) is 10.1. The van der Waals surface area contributed by atoms with E-state index in [-0.39, 0.29) is 42.0 Å². The number of benzene rings is 4. The van der Waals surface area contributed by atoms with Crippen LogP contribution >= 0.6 is 0 Å². The van der Waals surface area contributed by atoms with Crippen LogP contribution in [0.4, 0.5) is 5.69 Å². The SMILES string of the molecule is N=c1c2c(-c3ccccc3)c(-c3ccccc3)n(Cc3cccc(C#CCCCCNC(=O)CCCCCCNc4ccc5c(c4)C(=O)N(C4CCC(=O)NC4=O)C5=O)c3)c2ncn1C1CCC(O)CC1. The van der Waals surface area contributed by atoms with Crippen LogP contribution in [0, 0.1) is 17.3 Å². The highest BCUT2D eigenvalue weighted by Crippen LogP contribution is 2.40. The lowest BCUT2D eigenvalue weighted by atomic mass is 9.93. The van der Waals surface area contributed by atoms with Crippen LogP contribution in [0.15, 0.2) is 109 Å². The van der Waals surface area contributed by atoms with Crippen molar-refractivity contribution in [1.82, 2.24) is 29.7 Å². The van der Waals surface area contributed by atoms with Crippen LogP contribution in [0.2, 0.25) is 0 Å². The van der Waals surface area contributed by atoms with Crippen LogP contribution < -0.4 is 21.4 Å². The first-order valence-electron chi connectivity index (χ1n) is 25.1. The number of nitrogens with zero attached hydrogens (tertiary/aromatic N) is 4. The summed E-state index contributed by atoms with van der Waals surface area (Å²) in [6.07, 6.45) is 11.2. The number of piperidine rings is 1. The topological polar surface area (TPSA) is 192 Å². The van der Waals surface area contributed by atoms with Crippen LogP contribution in [-0.2, 0) is 20.9 Å². The van der Waals surface area contributed by atoms with E-state index in [4.69, 9.17) is 4.98 Å². The summed E-state index contributed by atoms with van der Waals surface area (Å²) in [6, 6.07) is 33.1. The zero-order chi connectivity index (χ0) is 49.3. The molecule has 1 unspecified atom stereocenters. The Bertz CT molecular complexity index is 3070. The highest BCUT2D eigenvalue weighted by Gasteiger charge is 2.44. The number of aliphatic hydroxyl groups is 1. The Morgan fingerprint density at radius 2 is 1.51 bits per heavy atom. The van der Waals surface area contributed by atoms with Crippen molar-refractivity contribution in [3.05, 3.63) is 137 Å². The first-order valence-corrected chi connectivity index (χ1v) is 25.1. The first-order chi connectivity index (χ1) is 34.6. The van der Waals surface area contributed by atoms with Crippen molar-refractivity contribution >= 4 is 46.3 Å². The standard InChI is InChI=1S/C57H60N8O6/c58-53-51-50(40-19-8-5-9-20-40)52(41-21-10-6-11-22-41)63(54(51)61-37-64(53)43-25-27-44(66)28-26-43)36-39-18-15-17-38(34-39)16-7-1-3-14-33-60-48(67)23-12-2-4-13-32-59-42-24-29-45-46(35-42)57(71)65(56(45)70)47-30-31-49(68)62-55(47)69/h5-6,8-11,15,17-22,24,29,34-35,37,43-44,47,58-59,66H,1-4,12-14,23,25-28,30-33,36H2,(H,60,67)(H,62,68,69). The monoisotopic (exact) mass is 952 g/mol. The minimum absolute atomic E-state index is 0.0508. The van der Waals surface area contributed by atoms with Crippen LogP contribution in [0.1, 0.15) is 128 Å². The first kappa shape index (κ1) is 48.4. The Balaban J connectivity index is 0.731. The largest absolute Gasteiger partial charge is 0.393 e. The molecule has 5 amide bonds. The molecule has 14 nitrogen and oxygen atoms in total. The molecule has 71 heavy (non-hydrogen) atoms. The molecule has 1 aliphatic carbocycles. The van der Waals surface area contributed by atoms with E-state index in [0.29, 0.717) is 43.7 Å². The van der Waals surface area contributed by atoms with Gasteiger partial charge in [0.25, 0.3) is 11.8 Å². The number of amides is 5. The van der Waals surface area contributed by atoms with Crippen LogP contribution in [0.25, 0.3) is 33.4 Å². The molecule has 364 valence electrons. The maximum atomic E-state index is 13.1. The van der Waals surface area contributed by atoms with Gasteiger partial charge in [0.15, 0.2) is 0 Å². The van der Waals surface area contributed by atoms with Crippen molar-refractivity contribution in [1.29, 1.82) is 5.41 Å². The smallest absolute Gasteiger partial charge is 0.262 e. The van der Waals surface area contributed by atoms with Crippen molar-refractivity contribution in [2.24, 2.45) is 0 Å². The minimum atomic E-state index is -0.992. The van der Waals surface area contributed by atoms with Gasteiger partial charge in [0.1, 0.15) is 17.2 Å². The predicted molar refractivity (Wildman–Crippen MR) is 272 cm³/mol. The van der Waals surface area contributed by atoms with E-state index in [2.05, 4.69) is 68.8 Å². The second kappa shape index (κ2) is 22.4. The summed E-state index contributed by atoms with van der Waals surface area (Å²) in [6.45, 7) is 1.81. The lowest BCUT2D eigenvalue weighted by Gasteiger charge is -2.27. The van der Waals surface area contributed by atoms with Gasteiger partial charge >= 0.3 is 0 Å². The van der Waals surface area contributed by atoms with Gasteiger partial charge in [0.05, 0.1) is 34.6 Å². The van der Waals surface area contributed by atoms with Gasteiger partial charge in [-0.1, -0.05) is 97.5 Å². The zero-order valence-corrected chi connectivity index (χ0v) is 39.9. The van der Waals surface area contributed by atoms with Crippen LogP contribution in [0.5, 0.6) is 0 Å². The third kappa shape index (κ3) is 11.1. The quantitative estimate of drug-likeness (QED) is 0.0323. The Hall–Kier alpha value is -7.63. The summed E-state index contributed by atoms with van der Waals surface area (Å²) in [5.74, 6) is 4.66. The van der Waals surface area contributed by atoms with Gasteiger partial charge in [-0.3, -0.25) is 39.6 Å². The van der Waals surface area contributed by atoms with Crippen molar-refractivity contribution < 1.29 is 29.1 Å². The molecule has 2 aromatic heterocycles. The molecule has 2 aliphatic heterocycles. The molecule has 1 atom stereocenters. The van der Waals surface area contributed by atoms with E-state index in [0.717, 1.165) is 114 Å². The Kier molecular flexibility index (Phi) is 15.3. The summed E-state index contributed by atoms with van der Waals surface area (Å²) in [5, 5.41) is 29.3. The van der Waals surface area contributed by atoms with Crippen LogP contribution in [-0.4, -0.2) is 78.9 Å². The molecule has 3 aliphatic rings. The number of rotatable bonds is 18. The lowest BCUT2D eigenvalue weighted by molar-refractivity contribution is -0.136. The van der Waals surface area contributed by atoms with Gasteiger partial charge < -0.3 is 24.9 Å². The highest BCUT2D eigenvalue weighted by atomic mass is 16.3. The summed E-state index contributed by atoms with van der Waals surface area (Å²) in [7, 11) is 0. The predicted octanol–water partition coefficient (Wildman–Crippen LogP) is 8.28. The summed E-state index contributed by atoms with van der Waals surface area (Å²) in [5.41, 5.74) is 8.47. The Morgan fingerprint density at radius 1 is 0.775 bits per heavy atom. The van der Waals surface area contributed by atoms with E-state index < -0.39 is 29.7 Å². The molecule has 0 bridgehead atoms. The van der Waals surface area contributed by atoms with Gasteiger partial charge in [-0.2, -0.15) is 0 Å². The van der Waals surface area contributed by atoms with Crippen molar-refractivity contribution in [3.8, 4) is 34.2 Å². The number of imide groups is 2. The van der Waals surface area contributed by atoms with E-state index >= 15 is 0 Å². The van der Waals surface area contributed by atoms with Gasteiger partial charge in [0, 0.05) is 61.8 Å². The van der Waals surface area contributed by atoms with E-state index in [1.54, 1.807) is 18.2 Å². The molecule has 0 spiro atoms. The number of fused-ring (bicyclic) bond motifs is 2. The van der Waals surface area contributed by atoms with Gasteiger partial charge in [-0.05, 0) is 105 Å². The second-order valence-corrected chi connectivity index (χ2v) is 18.8. The van der Waals surface area contributed by atoms with Gasteiger partial charge in [-0.25, -0.2) is 4.98 Å². The van der Waals surface area contributed by atoms with Crippen LogP contribution in [0.3, 0.4) is 0 Å². The number of unbranched alkanes of at least 4 members (excludes halogenated alkanes) is 5. The Morgan fingerprint density at radius 3 is 2.28 bits per heavy atom. The highest BCUT2D eigenvalue weighted by molar-refractivity contribution is 6.23. The minimum Gasteiger partial charge on any atom is -0.393 e. The number of carbonyl (C=O) groups excluding carboxylic acids is 5. The van der Waals surface area contributed by atoms with E-state index in [9.17, 15) is 34.5 Å². The number of hydrogen-bond donors (Lipinski definition) is 5. The van der Waals surface area contributed by atoms with E-state index in [1.165, 1.54) is 0 Å². The second-order valence-electron chi connectivity index (χ2n) is 18.8. The summed E-state index contributed by atoms with van der Waals surface area (Å²) in [4.78, 5) is 68.6. The molecule has 1 saturated heterocycles. The number of aromatic nitrogens is 3. The van der Waals surface area contributed by atoms with Crippen molar-refractivity contribution in [2.75, 3.05) is 18.4 Å². The maximum absolute atomic E-state index is 13.1. The third-order valence-electron chi connectivity index (χ3n) is 13.9. The molecule has 5 N–H and O–H groups in total. The molecule has 4 aromatic carbocycles. The summed E-state index contributed by atoms with van der Waals surface area (Å²) < 4.78 is 4.26. The molecule has 1 saturated carbocycles. The van der Waals surface area contributed by atoms with Crippen molar-refractivity contribution in [3.63, 3.8) is 0 Å². The number of nitrogens with one attached hydrogen (secondary N) is 4. The molecule has 14 heteroatoms. The normalized spacial score (nSPS) is 17.7. The van der Waals surface area contributed by atoms with Gasteiger partial charge in [0.2, 0.25) is 17.7 Å². The molecule has 2 fully saturated rings. The van der Waals surface area contributed by atoms with Gasteiger partial charge in [-0.15, -0.1) is 0 Å². The molecule has 4 heterocycles. The fourth-order valence-corrected chi connectivity index (χ4v) is 10.1. The molecule has 0 radical (unpaired) electrons. The molecular weight excluding hydrogens is 893 g/mol. The number of anilines is 1. The molecule has 6 aromatic rings. The third-order valence-corrected chi connectivity index (χ3v) is 13.9. The lowest BCUT2D eigenvalue weighted by Crippen LogP contribution is -2.54. The number of aliphatic hydroxyl groups excluding tert-OH is 1. The average Bonchev–Trinajstić information content (AvgIpc) is 3.84. The number of carbonyl (C=O) groups is 5. The molecular formula is C57H60N8O6. The van der Waals surface area contributed by atoms with Crippen molar-refractivity contribution in [2.45, 2.75) is 115 Å². The average molecular weight is 953 g/mol. The summed E-state index contributed by atoms with van der Waals surface area (Å²) >= 11 is 0. The van der Waals surface area contributed by atoms with E-state index in [1.807, 2.05) is 59.4 Å². The molecule has 9 rings (SSSR count). The fraction of sp³-hybridized carbons (Fsp3) is 0.351. The zero-order valence-electron chi connectivity index (χ0n) is 39.9.